The predicted octanol–water partition coefficient (Wildman–Crippen LogP) is 2.57. The molecule has 3 rings (SSSR count). The molecular weight excluding hydrogens is 258 g/mol. The highest BCUT2D eigenvalue weighted by atomic mass is 15.3. The third kappa shape index (κ3) is 3.80. The average molecular weight is 293 g/mol. The van der Waals surface area contributed by atoms with Gasteiger partial charge in [0.15, 0.2) is 0 Å². The van der Waals surface area contributed by atoms with Gasteiger partial charge >= 0.3 is 0 Å². The lowest BCUT2D eigenvalue weighted by Gasteiger charge is -2.47. The highest BCUT2D eigenvalue weighted by Gasteiger charge is 2.38. The molecule has 1 N–H and O–H groups in total. The first kappa shape index (κ1) is 15.8. The summed E-state index contributed by atoms with van der Waals surface area (Å²) in [7, 11) is 0. The minimum atomic E-state index is 0.734. The Bertz CT molecular complexity index is 318. The molecule has 0 bridgehead atoms. The SMILES string of the molecule is CCNC1CCC(C(C)C)CC1N1CCN(C2CC2)CC1. The van der Waals surface area contributed by atoms with Gasteiger partial charge in [-0.25, -0.2) is 0 Å². The van der Waals surface area contributed by atoms with Crippen LogP contribution >= 0.6 is 0 Å². The van der Waals surface area contributed by atoms with Crippen LogP contribution in [-0.2, 0) is 0 Å². The summed E-state index contributed by atoms with van der Waals surface area (Å²) < 4.78 is 0. The average Bonchev–Trinajstić information content (AvgIpc) is 3.33. The monoisotopic (exact) mass is 293 g/mol. The zero-order valence-corrected chi connectivity index (χ0v) is 14.4. The molecular formula is C18H35N3. The number of hydrogen-bond acceptors (Lipinski definition) is 3. The minimum absolute atomic E-state index is 0.734. The van der Waals surface area contributed by atoms with Gasteiger partial charge in [-0.15, -0.1) is 0 Å². The zero-order chi connectivity index (χ0) is 14.8. The molecule has 21 heavy (non-hydrogen) atoms. The number of nitrogens with one attached hydrogen (secondary N) is 1. The first-order chi connectivity index (χ1) is 10.2. The van der Waals surface area contributed by atoms with E-state index in [4.69, 9.17) is 0 Å². The molecule has 3 atom stereocenters. The van der Waals surface area contributed by atoms with Crippen molar-refractivity contribution in [3.63, 3.8) is 0 Å². The molecule has 3 heteroatoms. The molecule has 0 aromatic carbocycles. The molecule has 0 aromatic heterocycles. The summed E-state index contributed by atoms with van der Waals surface area (Å²) in [6.45, 7) is 13.4. The van der Waals surface area contributed by atoms with Gasteiger partial charge in [-0.1, -0.05) is 20.8 Å². The molecule has 3 aliphatic rings. The van der Waals surface area contributed by atoms with Gasteiger partial charge < -0.3 is 5.32 Å². The predicted molar refractivity (Wildman–Crippen MR) is 89.6 cm³/mol. The second kappa shape index (κ2) is 6.97. The number of rotatable bonds is 5. The highest BCUT2D eigenvalue weighted by Crippen LogP contribution is 2.34. The Kier molecular flexibility index (Phi) is 5.23. The van der Waals surface area contributed by atoms with Crippen molar-refractivity contribution >= 4 is 0 Å². The first-order valence-corrected chi connectivity index (χ1v) is 9.40. The molecule has 0 aromatic rings. The molecule has 3 unspecified atom stereocenters. The van der Waals surface area contributed by atoms with Crippen LogP contribution in [0.4, 0.5) is 0 Å². The van der Waals surface area contributed by atoms with E-state index in [9.17, 15) is 0 Å². The number of piperazine rings is 1. The van der Waals surface area contributed by atoms with Crippen LogP contribution in [0.1, 0.15) is 52.9 Å². The van der Waals surface area contributed by atoms with Crippen molar-refractivity contribution in [1.29, 1.82) is 0 Å². The van der Waals surface area contributed by atoms with Crippen LogP contribution in [0.2, 0.25) is 0 Å². The van der Waals surface area contributed by atoms with E-state index in [1.807, 2.05) is 0 Å². The Labute approximate surface area is 131 Å². The number of hydrogen-bond donors (Lipinski definition) is 1. The fraction of sp³-hybridized carbons (Fsp3) is 1.00. The van der Waals surface area contributed by atoms with Crippen molar-refractivity contribution < 1.29 is 0 Å². The van der Waals surface area contributed by atoms with Gasteiger partial charge in [-0.05, 0) is 50.5 Å². The molecule has 122 valence electrons. The van der Waals surface area contributed by atoms with Gasteiger partial charge in [-0.2, -0.15) is 0 Å². The minimum Gasteiger partial charge on any atom is -0.313 e. The summed E-state index contributed by atoms with van der Waals surface area (Å²) in [6.07, 6.45) is 7.13. The topological polar surface area (TPSA) is 18.5 Å². The smallest absolute Gasteiger partial charge is 0.0253 e. The maximum absolute atomic E-state index is 3.78. The normalized spacial score (nSPS) is 36.3. The summed E-state index contributed by atoms with van der Waals surface area (Å²) in [5.74, 6) is 1.79. The number of likely N-dealkylation sites (N-methyl/N-ethyl adjacent to an activating group) is 1. The maximum Gasteiger partial charge on any atom is 0.0253 e. The standard InChI is InChI=1S/C18H35N3/c1-4-19-17-8-5-15(14(2)3)13-18(17)21-11-9-20(10-12-21)16-6-7-16/h14-19H,4-13H2,1-3H3. The summed E-state index contributed by atoms with van der Waals surface area (Å²) in [6, 6.07) is 2.47. The van der Waals surface area contributed by atoms with E-state index in [0.29, 0.717) is 0 Å². The summed E-state index contributed by atoms with van der Waals surface area (Å²) >= 11 is 0. The van der Waals surface area contributed by atoms with E-state index in [-0.39, 0.29) is 0 Å². The molecule has 3 fully saturated rings. The lowest BCUT2D eigenvalue weighted by Crippen LogP contribution is -2.59. The molecule has 0 radical (unpaired) electrons. The summed E-state index contributed by atoms with van der Waals surface area (Å²) in [5, 5.41) is 3.78. The molecule has 0 spiro atoms. The van der Waals surface area contributed by atoms with Gasteiger partial charge in [-0.3, -0.25) is 9.80 Å². The van der Waals surface area contributed by atoms with Crippen LogP contribution in [-0.4, -0.2) is 60.6 Å². The van der Waals surface area contributed by atoms with Gasteiger partial charge in [0.25, 0.3) is 0 Å². The van der Waals surface area contributed by atoms with Crippen molar-refractivity contribution in [1.82, 2.24) is 15.1 Å². The third-order valence-electron chi connectivity index (χ3n) is 6.15. The molecule has 2 saturated carbocycles. The fourth-order valence-corrected chi connectivity index (χ4v) is 4.56. The van der Waals surface area contributed by atoms with Crippen LogP contribution in [0, 0.1) is 11.8 Å². The van der Waals surface area contributed by atoms with Crippen molar-refractivity contribution in [2.24, 2.45) is 11.8 Å². The molecule has 3 nitrogen and oxygen atoms in total. The van der Waals surface area contributed by atoms with Gasteiger partial charge in [0.05, 0.1) is 0 Å². The van der Waals surface area contributed by atoms with Crippen LogP contribution in [0.15, 0.2) is 0 Å². The van der Waals surface area contributed by atoms with Crippen LogP contribution in [0.5, 0.6) is 0 Å². The first-order valence-electron chi connectivity index (χ1n) is 9.40. The Morgan fingerprint density at radius 3 is 2.19 bits per heavy atom. The van der Waals surface area contributed by atoms with Crippen molar-refractivity contribution in [2.45, 2.75) is 71.0 Å². The fourth-order valence-electron chi connectivity index (χ4n) is 4.56. The van der Waals surface area contributed by atoms with Crippen molar-refractivity contribution in [2.75, 3.05) is 32.7 Å². The van der Waals surface area contributed by atoms with Crippen molar-refractivity contribution in [3.8, 4) is 0 Å². The Morgan fingerprint density at radius 2 is 1.62 bits per heavy atom. The van der Waals surface area contributed by atoms with E-state index < -0.39 is 0 Å². The Balaban J connectivity index is 1.58. The third-order valence-corrected chi connectivity index (χ3v) is 6.15. The zero-order valence-electron chi connectivity index (χ0n) is 14.4. The summed E-state index contributed by atoms with van der Waals surface area (Å²) in [5.41, 5.74) is 0. The number of nitrogens with zero attached hydrogens (tertiary/aromatic N) is 2. The molecule has 1 saturated heterocycles. The van der Waals surface area contributed by atoms with Gasteiger partial charge in [0.2, 0.25) is 0 Å². The van der Waals surface area contributed by atoms with E-state index in [0.717, 1.165) is 36.5 Å². The quantitative estimate of drug-likeness (QED) is 0.840. The lowest BCUT2D eigenvalue weighted by molar-refractivity contribution is 0.0386. The van der Waals surface area contributed by atoms with Crippen LogP contribution in [0.25, 0.3) is 0 Å². The van der Waals surface area contributed by atoms with Crippen molar-refractivity contribution in [3.05, 3.63) is 0 Å². The van der Waals surface area contributed by atoms with Crippen LogP contribution < -0.4 is 5.32 Å². The van der Waals surface area contributed by atoms with E-state index >= 15 is 0 Å². The van der Waals surface area contributed by atoms with Crippen LogP contribution in [0.3, 0.4) is 0 Å². The highest BCUT2D eigenvalue weighted by molar-refractivity contribution is 4.95. The van der Waals surface area contributed by atoms with Gasteiger partial charge in [0, 0.05) is 44.3 Å². The summed E-state index contributed by atoms with van der Waals surface area (Å²) in [4.78, 5) is 5.56. The molecule has 1 heterocycles. The maximum atomic E-state index is 3.78. The molecule has 1 aliphatic heterocycles. The van der Waals surface area contributed by atoms with Gasteiger partial charge in [0.1, 0.15) is 0 Å². The Morgan fingerprint density at radius 1 is 0.952 bits per heavy atom. The second-order valence-electron chi connectivity index (χ2n) is 7.85. The largest absolute Gasteiger partial charge is 0.313 e. The van der Waals surface area contributed by atoms with E-state index in [2.05, 4.69) is 35.9 Å². The van der Waals surface area contributed by atoms with E-state index in [1.165, 1.54) is 58.3 Å². The van der Waals surface area contributed by atoms with E-state index in [1.54, 1.807) is 0 Å². The lowest BCUT2D eigenvalue weighted by atomic mass is 9.76. The molecule has 0 amide bonds. The Hall–Kier alpha value is -0.120. The second-order valence-corrected chi connectivity index (χ2v) is 7.85. The molecule has 2 aliphatic carbocycles.